The number of fused-ring (bicyclic) bond motifs is 1. The summed E-state index contributed by atoms with van der Waals surface area (Å²) in [5.74, 6) is -1.64. The monoisotopic (exact) mass is 521 g/mol. The SMILES string of the molecule is CNC(=O)[C@@H]1[C@H]2C(=O)N([C@@H](CO)Cc3ccccc3)C(C(=O)Nc3c(C)cccc3C)C23S[C@@H]1CC3C. The first-order chi connectivity index (χ1) is 17.7. The molecule has 2 bridgehead atoms. The quantitative estimate of drug-likeness (QED) is 0.521. The number of nitrogens with one attached hydrogen (secondary N) is 2. The molecule has 196 valence electrons. The van der Waals surface area contributed by atoms with Gasteiger partial charge in [0, 0.05) is 18.0 Å². The van der Waals surface area contributed by atoms with Gasteiger partial charge in [-0.15, -0.1) is 11.8 Å². The van der Waals surface area contributed by atoms with E-state index in [1.165, 1.54) is 0 Å². The minimum atomic E-state index is -0.801. The number of thioether (sulfide) groups is 1. The highest BCUT2D eigenvalue weighted by atomic mass is 32.2. The number of amides is 3. The Morgan fingerprint density at radius 3 is 2.41 bits per heavy atom. The van der Waals surface area contributed by atoms with Crippen molar-refractivity contribution in [1.29, 1.82) is 0 Å². The maximum atomic E-state index is 14.3. The van der Waals surface area contributed by atoms with Crippen LogP contribution in [0.3, 0.4) is 0 Å². The lowest BCUT2D eigenvalue weighted by Crippen LogP contribution is -2.57. The lowest BCUT2D eigenvalue weighted by atomic mass is 9.66. The molecule has 2 aromatic carbocycles. The van der Waals surface area contributed by atoms with Crippen LogP contribution in [0.2, 0.25) is 0 Å². The van der Waals surface area contributed by atoms with E-state index in [1.807, 2.05) is 62.4 Å². The first kappa shape index (κ1) is 25.8. The molecule has 0 aliphatic carbocycles. The van der Waals surface area contributed by atoms with Crippen molar-refractivity contribution in [3.05, 3.63) is 65.2 Å². The standard InChI is InChI=1S/C29H35N3O4S/c1-16-9-8-10-17(2)24(16)31-27(35)25-29-18(3)13-21(37-29)22(26(34)30-4)23(29)28(36)32(25)20(15-33)14-19-11-6-5-7-12-19/h5-12,18,20-23,25,33H,13-15H2,1-4H3,(H,30,34)(H,31,35)/t18?,20-,21-,22+,23+,25?,29?/m1/s1. The van der Waals surface area contributed by atoms with Gasteiger partial charge in [-0.1, -0.05) is 55.5 Å². The molecular weight excluding hydrogens is 486 g/mol. The summed E-state index contributed by atoms with van der Waals surface area (Å²) in [6.45, 7) is 5.73. The van der Waals surface area contributed by atoms with Gasteiger partial charge < -0.3 is 20.6 Å². The molecule has 2 aromatic rings. The van der Waals surface area contributed by atoms with Crippen molar-refractivity contribution in [2.24, 2.45) is 17.8 Å². The molecule has 3 aliphatic heterocycles. The topological polar surface area (TPSA) is 98.7 Å². The van der Waals surface area contributed by atoms with E-state index in [0.717, 1.165) is 28.8 Å². The van der Waals surface area contributed by atoms with Gasteiger partial charge in [0.1, 0.15) is 6.04 Å². The van der Waals surface area contributed by atoms with E-state index >= 15 is 0 Å². The minimum Gasteiger partial charge on any atom is -0.394 e. The molecule has 7 atom stereocenters. The highest BCUT2D eigenvalue weighted by molar-refractivity contribution is 8.02. The van der Waals surface area contributed by atoms with E-state index in [9.17, 15) is 19.5 Å². The van der Waals surface area contributed by atoms with E-state index in [4.69, 9.17) is 0 Å². The average molecular weight is 522 g/mol. The summed E-state index contributed by atoms with van der Waals surface area (Å²) in [4.78, 5) is 43.2. The molecule has 8 heteroatoms. The van der Waals surface area contributed by atoms with Crippen molar-refractivity contribution in [1.82, 2.24) is 10.2 Å². The lowest BCUT2D eigenvalue weighted by Gasteiger charge is -2.40. The number of aryl methyl sites for hydroxylation is 2. The number of hydrogen-bond acceptors (Lipinski definition) is 5. The van der Waals surface area contributed by atoms with Gasteiger partial charge in [-0.05, 0) is 49.3 Å². The predicted octanol–water partition coefficient (Wildman–Crippen LogP) is 2.93. The minimum absolute atomic E-state index is 0.0109. The maximum Gasteiger partial charge on any atom is 0.248 e. The lowest BCUT2D eigenvalue weighted by molar-refractivity contribution is -0.142. The Kier molecular flexibility index (Phi) is 6.83. The summed E-state index contributed by atoms with van der Waals surface area (Å²) in [5.41, 5.74) is 3.61. The molecule has 3 saturated heterocycles. The summed E-state index contributed by atoms with van der Waals surface area (Å²) in [7, 11) is 1.60. The number of aliphatic hydroxyl groups excluding tert-OH is 1. The summed E-state index contributed by atoms with van der Waals surface area (Å²) in [5, 5.41) is 16.5. The Hall–Kier alpha value is -2.84. The van der Waals surface area contributed by atoms with Gasteiger partial charge in [0.25, 0.3) is 0 Å². The second-order valence-corrected chi connectivity index (χ2v) is 12.2. The number of carbonyl (C=O) groups is 3. The summed E-state index contributed by atoms with van der Waals surface area (Å²) >= 11 is 1.64. The second-order valence-electron chi connectivity index (χ2n) is 10.7. The van der Waals surface area contributed by atoms with Crippen LogP contribution >= 0.6 is 11.8 Å². The molecule has 0 aromatic heterocycles. The molecule has 3 unspecified atom stereocenters. The molecular formula is C29H35N3O4S. The zero-order valence-electron chi connectivity index (χ0n) is 21.7. The Morgan fingerprint density at radius 2 is 1.78 bits per heavy atom. The van der Waals surface area contributed by atoms with Gasteiger partial charge in [0.15, 0.2) is 0 Å². The summed E-state index contributed by atoms with van der Waals surface area (Å²) in [6.07, 6.45) is 1.20. The van der Waals surface area contributed by atoms with E-state index < -0.39 is 28.7 Å². The van der Waals surface area contributed by atoms with Gasteiger partial charge in [0.05, 0.1) is 29.2 Å². The molecule has 5 rings (SSSR count). The van der Waals surface area contributed by atoms with E-state index in [1.54, 1.807) is 23.7 Å². The van der Waals surface area contributed by atoms with Crippen LogP contribution in [-0.2, 0) is 20.8 Å². The second kappa shape index (κ2) is 9.80. The van der Waals surface area contributed by atoms with E-state index in [2.05, 4.69) is 17.6 Å². The van der Waals surface area contributed by atoms with Crippen molar-refractivity contribution < 1.29 is 19.5 Å². The smallest absolute Gasteiger partial charge is 0.248 e. The fourth-order valence-electron chi connectivity index (χ4n) is 6.96. The molecule has 37 heavy (non-hydrogen) atoms. The van der Waals surface area contributed by atoms with Crippen LogP contribution in [0.25, 0.3) is 0 Å². The van der Waals surface area contributed by atoms with Gasteiger partial charge in [0.2, 0.25) is 17.7 Å². The number of likely N-dealkylation sites (tertiary alicyclic amines) is 1. The molecule has 0 saturated carbocycles. The van der Waals surface area contributed by atoms with Crippen LogP contribution in [0.4, 0.5) is 5.69 Å². The van der Waals surface area contributed by atoms with Gasteiger partial charge >= 0.3 is 0 Å². The van der Waals surface area contributed by atoms with Crippen LogP contribution < -0.4 is 10.6 Å². The molecule has 3 heterocycles. The predicted molar refractivity (Wildman–Crippen MR) is 145 cm³/mol. The number of para-hydroxylation sites is 1. The molecule has 3 amide bonds. The molecule has 7 nitrogen and oxygen atoms in total. The van der Waals surface area contributed by atoms with Crippen molar-refractivity contribution >= 4 is 35.2 Å². The van der Waals surface area contributed by atoms with Crippen molar-refractivity contribution in [2.45, 2.75) is 55.7 Å². The third kappa shape index (κ3) is 3.96. The Bertz CT molecular complexity index is 1200. The molecule has 3 aliphatic rings. The number of nitrogens with zero attached hydrogens (tertiary/aromatic N) is 1. The normalized spacial score (nSPS) is 30.8. The third-order valence-corrected chi connectivity index (χ3v) is 10.7. The van der Waals surface area contributed by atoms with E-state index in [-0.39, 0.29) is 35.5 Å². The molecule has 0 radical (unpaired) electrons. The molecule has 3 fully saturated rings. The molecule has 1 spiro atoms. The summed E-state index contributed by atoms with van der Waals surface area (Å²) in [6, 6.07) is 14.2. The van der Waals surface area contributed by atoms with Gasteiger partial charge in [-0.25, -0.2) is 0 Å². The number of aliphatic hydroxyl groups is 1. The van der Waals surface area contributed by atoms with Gasteiger partial charge in [-0.2, -0.15) is 0 Å². The number of hydrogen-bond donors (Lipinski definition) is 3. The highest BCUT2D eigenvalue weighted by Gasteiger charge is 2.76. The van der Waals surface area contributed by atoms with Crippen LogP contribution in [0, 0.1) is 31.6 Å². The van der Waals surface area contributed by atoms with E-state index in [0.29, 0.717) is 6.42 Å². The van der Waals surface area contributed by atoms with Crippen LogP contribution in [0.15, 0.2) is 48.5 Å². The third-order valence-electron chi connectivity index (χ3n) is 8.63. The number of rotatable bonds is 7. The Balaban J connectivity index is 1.60. The van der Waals surface area contributed by atoms with Crippen molar-refractivity contribution in [2.75, 3.05) is 19.0 Å². The molecule has 3 N–H and O–H groups in total. The fourth-order valence-corrected chi connectivity index (χ4v) is 9.37. The van der Waals surface area contributed by atoms with Crippen LogP contribution in [0.5, 0.6) is 0 Å². The maximum absolute atomic E-state index is 14.3. The Morgan fingerprint density at radius 1 is 1.11 bits per heavy atom. The number of benzene rings is 2. The Labute approximate surface area is 222 Å². The first-order valence-electron chi connectivity index (χ1n) is 13.0. The largest absolute Gasteiger partial charge is 0.394 e. The zero-order valence-corrected chi connectivity index (χ0v) is 22.5. The number of carbonyl (C=O) groups excluding carboxylic acids is 3. The average Bonchev–Trinajstić information content (AvgIpc) is 3.48. The van der Waals surface area contributed by atoms with Crippen LogP contribution in [-0.4, -0.2) is 63.5 Å². The first-order valence-corrected chi connectivity index (χ1v) is 13.9. The number of anilines is 1. The van der Waals surface area contributed by atoms with Crippen molar-refractivity contribution in [3.63, 3.8) is 0 Å². The summed E-state index contributed by atoms with van der Waals surface area (Å²) < 4.78 is -0.732. The van der Waals surface area contributed by atoms with Crippen LogP contribution in [0.1, 0.15) is 30.0 Å². The zero-order chi connectivity index (χ0) is 26.5. The fraction of sp³-hybridized carbons (Fsp3) is 0.483. The van der Waals surface area contributed by atoms with Crippen molar-refractivity contribution in [3.8, 4) is 0 Å². The van der Waals surface area contributed by atoms with Gasteiger partial charge in [-0.3, -0.25) is 14.4 Å². The highest BCUT2D eigenvalue weighted by Crippen LogP contribution is 2.68.